The van der Waals surface area contributed by atoms with Crippen molar-refractivity contribution in [3.05, 3.63) is 11.5 Å². The van der Waals surface area contributed by atoms with Gasteiger partial charge in [-0.05, 0) is 23.4 Å². The SMILES string of the molecule is CCC(C)(C)CNc1nc(Cl)ncc1N. The smallest absolute Gasteiger partial charge is 0.224 e. The van der Waals surface area contributed by atoms with Gasteiger partial charge in [-0.3, -0.25) is 0 Å². The minimum atomic E-state index is 0.209. The Labute approximate surface area is 95.3 Å². The van der Waals surface area contributed by atoms with Crippen molar-refractivity contribution in [1.82, 2.24) is 9.97 Å². The number of aromatic nitrogens is 2. The fourth-order valence-electron chi connectivity index (χ4n) is 0.959. The molecule has 1 aromatic heterocycles. The number of nitrogens with zero attached hydrogens (tertiary/aromatic N) is 2. The van der Waals surface area contributed by atoms with Crippen LogP contribution in [0.25, 0.3) is 0 Å². The highest BCUT2D eigenvalue weighted by Crippen LogP contribution is 2.22. The second-order valence-electron chi connectivity index (χ2n) is 4.31. The maximum absolute atomic E-state index is 5.71. The predicted molar refractivity (Wildman–Crippen MR) is 64.0 cm³/mol. The highest BCUT2D eigenvalue weighted by Gasteiger charge is 2.15. The largest absolute Gasteiger partial charge is 0.394 e. The third-order valence-corrected chi connectivity index (χ3v) is 2.66. The summed E-state index contributed by atoms with van der Waals surface area (Å²) in [5.74, 6) is 0.608. The Balaban J connectivity index is 2.69. The van der Waals surface area contributed by atoms with Crippen molar-refractivity contribution >= 4 is 23.1 Å². The van der Waals surface area contributed by atoms with E-state index in [0.29, 0.717) is 11.5 Å². The van der Waals surface area contributed by atoms with Gasteiger partial charge in [0, 0.05) is 6.54 Å². The van der Waals surface area contributed by atoms with E-state index in [1.165, 1.54) is 6.20 Å². The summed E-state index contributed by atoms with van der Waals surface area (Å²) in [6.45, 7) is 7.32. The van der Waals surface area contributed by atoms with Gasteiger partial charge in [-0.25, -0.2) is 4.98 Å². The van der Waals surface area contributed by atoms with Crippen molar-refractivity contribution in [2.75, 3.05) is 17.6 Å². The topological polar surface area (TPSA) is 63.8 Å². The second kappa shape index (κ2) is 4.66. The number of nitrogens with two attached hydrogens (primary N) is 1. The Hall–Kier alpha value is -1.03. The normalized spacial score (nSPS) is 11.5. The molecule has 15 heavy (non-hydrogen) atoms. The molecule has 0 radical (unpaired) electrons. The molecule has 0 atom stereocenters. The van der Waals surface area contributed by atoms with Crippen LogP contribution in [0, 0.1) is 5.41 Å². The summed E-state index contributed by atoms with van der Waals surface area (Å²) >= 11 is 5.68. The van der Waals surface area contributed by atoms with Crippen molar-refractivity contribution in [2.24, 2.45) is 5.41 Å². The maximum atomic E-state index is 5.71. The highest BCUT2D eigenvalue weighted by atomic mass is 35.5. The van der Waals surface area contributed by atoms with Crippen molar-refractivity contribution in [3.63, 3.8) is 0 Å². The Kier molecular flexibility index (Phi) is 3.74. The predicted octanol–water partition coefficient (Wildman–Crippen LogP) is 2.56. The first-order chi connectivity index (χ1) is 6.94. The van der Waals surface area contributed by atoms with Gasteiger partial charge in [0.05, 0.1) is 11.9 Å². The summed E-state index contributed by atoms with van der Waals surface area (Å²) in [7, 11) is 0. The fraction of sp³-hybridized carbons (Fsp3) is 0.600. The third-order valence-electron chi connectivity index (χ3n) is 2.48. The van der Waals surface area contributed by atoms with Crippen LogP contribution in [0.2, 0.25) is 5.28 Å². The molecular formula is C10H17ClN4. The molecular weight excluding hydrogens is 212 g/mol. The van der Waals surface area contributed by atoms with Crippen LogP contribution in [-0.2, 0) is 0 Å². The van der Waals surface area contributed by atoms with Crippen molar-refractivity contribution in [2.45, 2.75) is 27.2 Å². The van der Waals surface area contributed by atoms with Crippen LogP contribution < -0.4 is 11.1 Å². The molecule has 1 rings (SSSR count). The van der Waals surface area contributed by atoms with E-state index in [9.17, 15) is 0 Å². The average Bonchev–Trinajstić information content (AvgIpc) is 2.20. The Morgan fingerprint density at radius 3 is 2.80 bits per heavy atom. The van der Waals surface area contributed by atoms with Crippen LogP contribution in [-0.4, -0.2) is 16.5 Å². The van der Waals surface area contributed by atoms with Gasteiger partial charge in [0.1, 0.15) is 0 Å². The van der Waals surface area contributed by atoms with Gasteiger partial charge >= 0.3 is 0 Å². The first-order valence-corrected chi connectivity index (χ1v) is 5.34. The molecule has 1 heterocycles. The Bertz CT molecular complexity index is 338. The maximum Gasteiger partial charge on any atom is 0.224 e. The molecule has 0 saturated heterocycles. The minimum absolute atomic E-state index is 0.209. The van der Waals surface area contributed by atoms with E-state index in [0.717, 1.165) is 13.0 Å². The monoisotopic (exact) mass is 228 g/mol. The number of anilines is 2. The standard InChI is InChI=1S/C10H17ClN4/c1-4-10(2,3)6-14-8-7(12)5-13-9(11)15-8/h5H,4,6,12H2,1-3H3,(H,13,14,15). The lowest BCUT2D eigenvalue weighted by Gasteiger charge is -2.23. The van der Waals surface area contributed by atoms with Crippen LogP contribution in [0.5, 0.6) is 0 Å². The number of hydrogen-bond donors (Lipinski definition) is 2. The first kappa shape index (κ1) is 12.0. The first-order valence-electron chi connectivity index (χ1n) is 4.96. The summed E-state index contributed by atoms with van der Waals surface area (Å²) in [5, 5.41) is 3.39. The van der Waals surface area contributed by atoms with Crippen molar-refractivity contribution < 1.29 is 0 Å². The van der Waals surface area contributed by atoms with Gasteiger partial charge in [-0.15, -0.1) is 0 Å². The summed E-state index contributed by atoms with van der Waals surface area (Å²) in [6, 6.07) is 0. The molecule has 3 N–H and O–H groups in total. The summed E-state index contributed by atoms with van der Waals surface area (Å²) in [4.78, 5) is 7.82. The summed E-state index contributed by atoms with van der Waals surface area (Å²) in [5.41, 5.74) is 6.45. The number of nitrogen functional groups attached to an aromatic ring is 1. The van der Waals surface area contributed by atoms with Crippen LogP contribution in [0.3, 0.4) is 0 Å². The molecule has 0 saturated carbocycles. The Morgan fingerprint density at radius 1 is 1.53 bits per heavy atom. The van der Waals surface area contributed by atoms with Crippen LogP contribution >= 0.6 is 11.6 Å². The zero-order chi connectivity index (χ0) is 11.5. The molecule has 0 amide bonds. The molecule has 0 aliphatic carbocycles. The number of hydrogen-bond acceptors (Lipinski definition) is 4. The van der Waals surface area contributed by atoms with E-state index in [1.807, 2.05) is 0 Å². The van der Waals surface area contributed by atoms with Gasteiger partial charge in [0.15, 0.2) is 5.82 Å². The molecule has 0 unspecified atom stereocenters. The van der Waals surface area contributed by atoms with E-state index in [4.69, 9.17) is 17.3 Å². The van der Waals surface area contributed by atoms with Gasteiger partial charge in [0.25, 0.3) is 0 Å². The number of halogens is 1. The van der Waals surface area contributed by atoms with Crippen LogP contribution in [0.4, 0.5) is 11.5 Å². The van der Waals surface area contributed by atoms with E-state index >= 15 is 0 Å². The van der Waals surface area contributed by atoms with Crippen molar-refractivity contribution in [3.8, 4) is 0 Å². The quantitative estimate of drug-likeness (QED) is 0.778. The molecule has 0 bridgehead atoms. The zero-order valence-corrected chi connectivity index (χ0v) is 10.1. The molecule has 0 aliphatic rings. The Morgan fingerprint density at radius 2 is 2.20 bits per heavy atom. The van der Waals surface area contributed by atoms with Gasteiger partial charge in [-0.2, -0.15) is 4.98 Å². The van der Waals surface area contributed by atoms with E-state index in [2.05, 4.69) is 36.1 Å². The molecule has 0 aliphatic heterocycles. The van der Waals surface area contributed by atoms with E-state index in [-0.39, 0.29) is 10.7 Å². The van der Waals surface area contributed by atoms with Gasteiger partial charge < -0.3 is 11.1 Å². The minimum Gasteiger partial charge on any atom is -0.394 e. The molecule has 0 spiro atoms. The van der Waals surface area contributed by atoms with Crippen molar-refractivity contribution in [1.29, 1.82) is 0 Å². The molecule has 1 aromatic rings. The van der Waals surface area contributed by atoms with E-state index < -0.39 is 0 Å². The number of nitrogens with one attached hydrogen (secondary N) is 1. The molecule has 4 nitrogen and oxygen atoms in total. The second-order valence-corrected chi connectivity index (χ2v) is 4.65. The lowest BCUT2D eigenvalue weighted by Crippen LogP contribution is -2.23. The number of rotatable bonds is 4. The summed E-state index contributed by atoms with van der Waals surface area (Å²) in [6.07, 6.45) is 2.59. The molecule has 0 fully saturated rings. The third kappa shape index (κ3) is 3.55. The molecule has 0 aromatic carbocycles. The average molecular weight is 229 g/mol. The van der Waals surface area contributed by atoms with Gasteiger partial charge in [-0.1, -0.05) is 20.8 Å². The molecule has 5 heteroatoms. The highest BCUT2D eigenvalue weighted by molar-refractivity contribution is 6.28. The van der Waals surface area contributed by atoms with E-state index in [1.54, 1.807) is 0 Å². The fourth-order valence-corrected chi connectivity index (χ4v) is 1.09. The van der Waals surface area contributed by atoms with Crippen LogP contribution in [0.1, 0.15) is 27.2 Å². The zero-order valence-electron chi connectivity index (χ0n) is 9.34. The lowest BCUT2D eigenvalue weighted by atomic mass is 9.90. The lowest BCUT2D eigenvalue weighted by molar-refractivity contribution is 0.376. The summed E-state index contributed by atoms with van der Waals surface area (Å²) < 4.78 is 0. The van der Waals surface area contributed by atoms with Crippen LogP contribution in [0.15, 0.2) is 6.20 Å². The molecule has 84 valence electrons. The van der Waals surface area contributed by atoms with Gasteiger partial charge in [0.2, 0.25) is 5.28 Å².